The first kappa shape index (κ1) is 19.2. The van der Waals surface area contributed by atoms with Crippen LogP contribution in [0.25, 0.3) is 0 Å². The molecule has 2 amide bonds. The van der Waals surface area contributed by atoms with Crippen LogP contribution in [0.4, 0.5) is 5.69 Å². The molecule has 7 heteroatoms. The number of hydrogen-bond donors (Lipinski definition) is 2. The van der Waals surface area contributed by atoms with Crippen LogP contribution in [0.15, 0.2) is 18.2 Å². The Labute approximate surface area is 158 Å². The lowest BCUT2D eigenvalue weighted by molar-refractivity contribution is -0.143. The number of carbonyl (C=O) groups excluding carboxylic acids is 2. The van der Waals surface area contributed by atoms with Crippen molar-refractivity contribution >= 4 is 23.5 Å². The number of carboxylic acids is 1. The van der Waals surface area contributed by atoms with Crippen LogP contribution in [0, 0.1) is 5.92 Å². The molecule has 1 aromatic carbocycles. The molecule has 1 aromatic rings. The minimum absolute atomic E-state index is 0.00218. The van der Waals surface area contributed by atoms with Gasteiger partial charge in [0.25, 0.3) is 0 Å². The minimum Gasteiger partial charge on any atom is -0.494 e. The monoisotopic (exact) mass is 374 g/mol. The van der Waals surface area contributed by atoms with Crippen LogP contribution in [0.1, 0.15) is 44.6 Å². The van der Waals surface area contributed by atoms with Crippen molar-refractivity contribution in [3.05, 3.63) is 23.8 Å². The summed E-state index contributed by atoms with van der Waals surface area (Å²) in [4.78, 5) is 36.6. The molecule has 27 heavy (non-hydrogen) atoms. The average molecular weight is 374 g/mol. The number of benzene rings is 1. The molecular formula is C20H26N2O5. The number of ether oxygens (including phenoxy) is 1. The summed E-state index contributed by atoms with van der Waals surface area (Å²) in [5.74, 6) is -0.660. The zero-order valence-electron chi connectivity index (χ0n) is 15.6. The molecule has 1 heterocycles. The fourth-order valence-corrected chi connectivity index (χ4v) is 3.22. The van der Waals surface area contributed by atoms with Crippen molar-refractivity contribution in [2.75, 3.05) is 18.5 Å². The Balaban J connectivity index is 1.44. The average Bonchev–Trinajstić information content (AvgIpc) is 3.47. The van der Waals surface area contributed by atoms with Gasteiger partial charge in [0, 0.05) is 31.1 Å². The molecule has 1 saturated carbocycles. The van der Waals surface area contributed by atoms with Gasteiger partial charge >= 0.3 is 5.97 Å². The number of aliphatic carboxylic acids is 1. The maximum atomic E-state index is 12.5. The van der Waals surface area contributed by atoms with Gasteiger partial charge in [0.15, 0.2) is 0 Å². The Kier molecular flexibility index (Phi) is 5.98. The number of fused-ring (bicyclic) bond motifs is 1. The molecule has 0 spiro atoms. The Morgan fingerprint density at radius 1 is 1.33 bits per heavy atom. The molecule has 3 rings (SSSR count). The van der Waals surface area contributed by atoms with Crippen molar-refractivity contribution in [1.29, 1.82) is 0 Å². The normalized spacial score (nSPS) is 16.9. The van der Waals surface area contributed by atoms with E-state index in [2.05, 4.69) is 5.32 Å². The quantitative estimate of drug-likeness (QED) is 0.647. The standard InChI is InChI=1S/C20H26N2O5/c1-13(20(25)26)12-22(15-5-6-15)19(24)3-2-10-27-16-7-8-17-14(11-16)4-9-18(23)21-17/h7-8,11,13,15H,2-6,9-10,12H2,1H3,(H,21,23)(H,25,26). The third-order valence-electron chi connectivity index (χ3n) is 4.98. The molecule has 146 valence electrons. The van der Waals surface area contributed by atoms with Crippen LogP contribution in [0.3, 0.4) is 0 Å². The summed E-state index contributed by atoms with van der Waals surface area (Å²) in [6.07, 6.45) is 4.04. The minimum atomic E-state index is -0.875. The van der Waals surface area contributed by atoms with Crippen molar-refractivity contribution in [2.45, 2.75) is 51.5 Å². The third-order valence-corrected chi connectivity index (χ3v) is 4.98. The molecule has 0 radical (unpaired) electrons. The molecule has 1 aliphatic heterocycles. The number of nitrogens with zero attached hydrogens (tertiary/aromatic N) is 1. The van der Waals surface area contributed by atoms with Crippen molar-refractivity contribution in [3.8, 4) is 5.75 Å². The fourth-order valence-electron chi connectivity index (χ4n) is 3.22. The van der Waals surface area contributed by atoms with Gasteiger partial charge in [0.2, 0.25) is 11.8 Å². The lowest BCUT2D eigenvalue weighted by Gasteiger charge is -2.24. The first-order valence-corrected chi connectivity index (χ1v) is 9.52. The Hall–Kier alpha value is -2.57. The summed E-state index contributed by atoms with van der Waals surface area (Å²) in [6, 6.07) is 5.80. The van der Waals surface area contributed by atoms with E-state index in [-0.39, 0.29) is 24.4 Å². The molecule has 1 atom stereocenters. The van der Waals surface area contributed by atoms with E-state index in [0.29, 0.717) is 32.3 Å². The number of aryl methyl sites for hydroxylation is 1. The van der Waals surface area contributed by atoms with Gasteiger partial charge in [0.1, 0.15) is 5.75 Å². The summed E-state index contributed by atoms with van der Waals surface area (Å²) in [6.45, 7) is 2.33. The fraction of sp³-hybridized carbons (Fsp3) is 0.550. The van der Waals surface area contributed by atoms with E-state index < -0.39 is 11.9 Å². The molecule has 1 unspecified atom stereocenters. The number of amides is 2. The van der Waals surface area contributed by atoms with Crippen LogP contribution in [0.2, 0.25) is 0 Å². The smallest absolute Gasteiger partial charge is 0.308 e. The second-order valence-electron chi connectivity index (χ2n) is 7.34. The third kappa shape index (κ3) is 5.21. The molecule has 2 aliphatic rings. The predicted molar refractivity (Wildman–Crippen MR) is 99.7 cm³/mol. The number of carboxylic acid groups (broad SMARTS) is 1. The van der Waals surface area contributed by atoms with Crippen LogP contribution in [0.5, 0.6) is 5.75 Å². The van der Waals surface area contributed by atoms with E-state index >= 15 is 0 Å². The second-order valence-corrected chi connectivity index (χ2v) is 7.34. The molecule has 0 saturated heterocycles. The van der Waals surface area contributed by atoms with Crippen molar-refractivity contribution in [2.24, 2.45) is 5.92 Å². The van der Waals surface area contributed by atoms with Gasteiger partial charge in [0.05, 0.1) is 12.5 Å². The molecule has 2 N–H and O–H groups in total. The van der Waals surface area contributed by atoms with Crippen LogP contribution < -0.4 is 10.1 Å². The van der Waals surface area contributed by atoms with E-state index in [4.69, 9.17) is 9.84 Å². The molecule has 0 aromatic heterocycles. The maximum absolute atomic E-state index is 12.5. The number of rotatable bonds is 9. The maximum Gasteiger partial charge on any atom is 0.308 e. The lowest BCUT2D eigenvalue weighted by Crippen LogP contribution is -2.38. The van der Waals surface area contributed by atoms with Gasteiger partial charge in [-0.1, -0.05) is 6.92 Å². The van der Waals surface area contributed by atoms with Gasteiger partial charge < -0.3 is 20.1 Å². The Morgan fingerprint density at radius 2 is 2.11 bits per heavy atom. The van der Waals surface area contributed by atoms with Crippen LogP contribution in [-0.4, -0.2) is 47.0 Å². The van der Waals surface area contributed by atoms with Gasteiger partial charge in [-0.3, -0.25) is 14.4 Å². The summed E-state index contributed by atoms with van der Waals surface area (Å²) in [5.41, 5.74) is 1.90. The number of anilines is 1. The van der Waals surface area contributed by atoms with Gasteiger partial charge in [-0.15, -0.1) is 0 Å². The van der Waals surface area contributed by atoms with Gasteiger partial charge in [-0.05, 0) is 49.4 Å². The SMILES string of the molecule is CC(CN(C(=O)CCCOc1ccc2c(c1)CCC(=O)N2)C1CC1)C(=O)O. The van der Waals surface area contributed by atoms with Gasteiger partial charge in [-0.25, -0.2) is 0 Å². The topological polar surface area (TPSA) is 95.9 Å². The van der Waals surface area contributed by atoms with Crippen molar-refractivity contribution in [1.82, 2.24) is 4.90 Å². The first-order valence-electron chi connectivity index (χ1n) is 9.52. The van der Waals surface area contributed by atoms with E-state index in [1.807, 2.05) is 18.2 Å². The summed E-state index contributed by atoms with van der Waals surface area (Å²) < 4.78 is 5.75. The summed E-state index contributed by atoms with van der Waals surface area (Å²) in [7, 11) is 0. The largest absolute Gasteiger partial charge is 0.494 e. The Morgan fingerprint density at radius 3 is 2.81 bits per heavy atom. The van der Waals surface area contributed by atoms with Crippen molar-refractivity contribution in [3.63, 3.8) is 0 Å². The number of nitrogens with one attached hydrogen (secondary N) is 1. The van der Waals surface area contributed by atoms with Crippen LogP contribution in [-0.2, 0) is 20.8 Å². The van der Waals surface area contributed by atoms with Crippen LogP contribution >= 0.6 is 0 Å². The van der Waals surface area contributed by atoms with Crippen molar-refractivity contribution < 1.29 is 24.2 Å². The van der Waals surface area contributed by atoms with Gasteiger partial charge in [-0.2, -0.15) is 0 Å². The second kappa shape index (κ2) is 8.41. The highest BCUT2D eigenvalue weighted by Gasteiger charge is 2.34. The summed E-state index contributed by atoms with van der Waals surface area (Å²) in [5, 5.41) is 11.9. The van der Waals surface area contributed by atoms with E-state index in [0.717, 1.165) is 29.8 Å². The zero-order valence-corrected chi connectivity index (χ0v) is 15.6. The highest BCUT2D eigenvalue weighted by atomic mass is 16.5. The molecular weight excluding hydrogens is 348 g/mol. The number of hydrogen-bond acceptors (Lipinski definition) is 4. The Bertz CT molecular complexity index is 729. The summed E-state index contributed by atoms with van der Waals surface area (Å²) >= 11 is 0. The first-order chi connectivity index (χ1) is 12.9. The highest BCUT2D eigenvalue weighted by molar-refractivity contribution is 5.94. The molecule has 1 fully saturated rings. The number of carbonyl (C=O) groups is 3. The lowest BCUT2D eigenvalue weighted by atomic mass is 10.0. The highest BCUT2D eigenvalue weighted by Crippen LogP contribution is 2.29. The molecule has 1 aliphatic carbocycles. The molecule has 0 bridgehead atoms. The zero-order chi connectivity index (χ0) is 19.4. The van der Waals surface area contributed by atoms with E-state index in [9.17, 15) is 14.4 Å². The van der Waals surface area contributed by atoms with E-state index in [1.165, 1.54) is 0 Å². The molecule has 7 nitrogen and oxygen atoms in total. The predicted octanol–water partition coefficient (Wildman–Crippen LogP) is 2.44. The van der Waals surface area contributed by atoms with E-state index in [1.54, 1.807) is 11.8 Å².